The summed E-state index contributed by atoms with van der Waals surface area (Å²) in [5.41, 5.74) is 0.874. The number of nitrogens with zero attached hydrogens (tertiary/aromatic N) is 2. The molecule has 3 rings (SSSR count). The van der Waals surface area contributed by atoms with Gasteiger partial charge in [-0.1, -0.05) is 0 Å². The van der Waals surface area contributed by atoms with E-state index in [2.05, 4.69) is 24.1 Å². The van der Waals surface area contributed by atoms with Crippen molar-refractivity contribution < 1.29 is 14.1 Å². The van der Waals surface area contributed by atoms with E-state index in [0.29, 0.717) is 17.4 Å². The molecular weight excluding hydrogens is 361 g/mol. The summed E-state index contributed by atoms with van der Waals surface area (Å²) in [6.45, 7) is 8.78. The molecule has 1 heterocycles. The highest BCUT2D eigenvalue weighted by molar-refractivity contribution is 5.63. The van der Waals surface area contributed by atoms with Crippen LogP contribution in [0.15, 0.2) is 12.1 Å². The molecule has 1 saturated heterocycles. The number of benzene rings is 1. The van der Waals surface area contributed by atoms with Gasteiger partial charge in [0.05, 0.1) is 17.1 Å². The highest BCUT2D eigenvalue weighted by Crippen LogP contribution is 2.37. The van der Waals surface area contributed by atoms with Crippen molar-refractivity contribution in [2.75, 3.05) is 25.0 Å². The molecule has 1 aliphatic carbocycles. The SMILES string of the molecule is CCO[C@H]1CC[C@](C)(N2CCC(Nc3cc(C)c(F)cc3[N+](=O)[O-])CC2)CC1. The molecule has 0 atom stereocenters. The molecule has 2 fully saturated rings. The number of ether oxygens (including phenoxy) is 1. The number of rotatable bonds is 6. The summed E-state index contributed by atoms with van der Waals surface area (Å²) in [6.07, 6.45) is 6.79. The number of aryl methyl sites for hydroxylation is 1. The van der Waals surface area contributed by atoms with Gasteiger partial charge >= 0.3 is 0 Å². The summed E-state index contributed by atoms with van der Waals surface area (Å²) < 4.78 is 19.5. The average molecular weight is 394 g/mol. The van der Waals surface area contributed by atoms with Crippen LogP contribution in [0, 0.1) is 22.9 Å². The van der Waals surface area contributed by atoms with Crippen molar-refractivity contribution >= 4 is 11.4 Å². The molecular formula is C21H32FN3O3. The number of nitrogens with one attached hydrogen (secondary N) is 1. The van der Waals surface area contributed by atoms with Crippen LogP contribution in [0.3, 0.4) is 0 Å². The second-order valence-corrected chi connectivity index (χ2v) is 8.43. The lowest BCUT2D eigenvalue weighted by Gasteiger charge is -2.48. The Hall–Kier alpha value is -1.73. The second kappa shape index (κ2) is 8.74. The van der Waals surface area contributed by atoms with Gasteiger partial charge in [0.1, 0.15) is 11.5 Å². The third-order valence-corrected chi connectivity index (χ3v) is 6.50. The summed E-state index contributed by atoms with van der Waals surface area (Å²) in [5, 5.41) is 14.6. The Labute approximate surface area is 166 Å². The van der Waals surface area contributed by atoms with Crippen LogP contribution in [0.5, 0.6) is 0 Å². The number of hydrogen-bond acceptors (Lipinski definition) is 5. The molecule has 0 aromatic heterocycles. The monoisotopic (exact) mass is 393 g/mol. The molecule has 0 bridgehead atoms. The molecule has 1 aliphatic heterocycles. The highest BCUT2D eigenvalue weighted by atomic mass is 19.1. The van der Waals surface area contributed by atoms with Gasteiger partial charge in [-0.2, -0.15) is 0 Å². The van der Waals surface area contributed by atoms with Crippen LogP contribution in [0.1, 0.15) is 57.9 Å². The summed E-state index contributed by atoms with van der Waals surface area (Å²) >= 11 is 0. The lowest BCUT2D eigenvalue weighted by atomic mass is 9.79. The van der Waals surface area contributed by atoms with Gasteiger partial charge < -0.3 is 10.1 Å². The van der Waals surface area contributed by atoms with Crippen LogP contribution < -0.4 is 5.32 Å². The van der Waals surface area contributed by atoms with Gasteiger partial charge in [0, 0.05) is 31.3 Å². The largest absolute Gasteiger partial charge is 0.379 e. The molecule has 1 saturated carbocycles. The fraction of sp³-hybridized carbons (Fsp3) is 0.714. The van der Waals surface area contributed by atoms with E-state index in [4.69, 9.17) is 4.74 Å². The normalized spacial score (nSPS) is 26.9. The van der Waals surface area contributed by atoms with Crippen LogP contribution in [-0.2, 0) is 4.74 Å². The van der Waals surface area contributed by atoms with Gasteiger partial charge in [-0.3, -0.25) is 15.0 Å². The van der Waals surface area contributed by atoms with E-state index in [1.807, 2.05) is 0 Å². The summed E-state index contributed by atoms with van der Waals surface area (Å²) in [6, 6.07) is 2.74. The zero-order valence-electron chi connectivity index (χ0n) is 17.2. The maximum atomic E-state index is 13.7. The lowest BCUT2D eigenvalue weighted by Crippen LogP contribution is -2.53. The standard InChI is InChI=1S/C21H32FN3O3/c1-4-28-17-5-9-21(3,10-6-17)24-11-7-16(8-12-24)23-19-13-15(2)18(22)14-20(19)25(26)27/h13-14,16-17,23H,4-12H2,1-3H3/t17-,21-. The van der Waals surface area contributed by atoms with E-state index in [1.54, 1.807) is 13.0 Å². The van der Waals surface area contributed by atoms with E-state index >= 15 is 0 Å². The third kappa shape index (κ3) is 4.63. The number of piperidine rings is 1. The number of nitro benzene ring substituents is 1. The van der Waals surface area contributed by atoms with E-state index in [-0.39, 0.29) is 17.3 Å². The van der Waals surface area contributed by atoms with Crippen LogP contribution in [0.25, 0.3) is 0 Å². The third-order valence-electron chi connectivity index (χ3n) is 6.50. The predicted molar refractivity (Wildman–Crippen MR) is 108 cm³/mol. The number of hydrogen-bond donors (Lipinski definition) is 1. The molecule has 6 nitrogen and oxygen atoms in total. The molecule has 1 N–H and O–H groups in total. The van der Waals surface area contributed by atoms with Gasteiger partial charge in [-0.05, 0) is 70.9 Å². The van der Waals surface area contributed by atoms with Crippen molar-refractivity contribution in [3.05, 3.63) is 33.6 Å². The maximum Gasteiger partial charge on any atom is 0.295 e. The van der Waals surface area contributed by atoms with Gasteiger partial charge in [0.2, 0.25) is 0 Å². The molecule has 2 aliphatic rings. The Balaban J connectivity index is 1.58. The van der Waals surface area contributed by atoms with E-state index in [1.165, 1.54) is 0 Å². The zero-order chi connectivity index (χ0) is 20.3. The lowest BCUT2D eigenvalue weighted by molar-refractivity contribution is -0.384. The number of likely N-dealkylation sites (tertiary alicyclic amines) is 1. The minimum Gasteiger partial charge on any atom is -0.379 e. The average Bonchev–Trinajstić information content (AvgIpc) is 2.67. The highest BCUT2D eigenvalue weighted by Gasteiger charge is 2.38. The van der Waals surface area contributed by atoms with Gasteiger partial charge in [0.15, 0.2) is 0 Å². The molecule has 7 heteroatoms. The smallest absolute Gasteiger partial charge is 0.295 e. The fourth-order valence-electron chi connectivity index (χ4n) is 4.65. The summed E-state index contributed by atoms with van der Waals surface area (Å²) in [4.78, 5) is 13.3. The fourth-order valence-corrected chi connectivity index (χ4v) is 4.65. The Bertz CT molecular complexity index is 696. The predicted octanol–water partition coefficient (Wildman–Crippen LogP) is 4.66. The minimum atomic E-state index is -0.539. The first-order valence-electron chi connectivity index (χ1n) is 10.4. The van der Waals surface area contributed by atoms with Crippen molar-refractivity contribution in [3.8, 4) is 0 Å². The first-order chi connectivity index (χ1) is 13.3. The summed E-state index contributed by atoms with van der Waals surface area (Å²) in [7, 11) is 0. The topological polar surface area (TPSA) is 67.6 Å². The van der Waals surface area contributed by atoms with Crippen molar-refractivity contribution in [2.45, 2.75) is 77.0 Å². The molecule has 1 aromatic rings. The zero-order valence-corrected chi connectivity index (χ0v) is 17.2. The molecule has 1 aromatic carbocycles. The van der Waals surface area contributed by atoms with Crippen molar-refractivity contribution in [1.82, 2.24) is 4.90 Å². The van der Waals surface area contributed by atoms with Crippen molar-refractivity contribution in [3.63, 3.8) is 0 Å². The Morgan fingerprint density at radius 3 is 2.50 bits per heavy atom. The van der Waals surface area contributed by atoms with Gasteiger partial charge in [0.25, 0.3) is 5.69 Å². The molecule has 0 amide bonds. The number of halogens is 1. The summed E-state index contributed by atoms with van der Waals surface area (Å²) in [5.74, 6) is -0.539. The van der Waals surface area contributed by atoms with Crippen LogP contribution in [0.2, 0.25) is 0 Å². The van der Waals surface area contributed by atoms with E-state index in [0.717, 1.165) is 64.3 Å². The minimum absolute atomic E-state index is 0.170. The molecule has 156 valence electrons. The number of nitro groups is 1. The van der Waals surface area contributed by atoms with Gasteiger partial charge in [-0.25, -0.2) is 4.39 Å². The van der Waals surface area contributed by atoms with Crippen molar-refractivity contribution in [1.29, 1.82) is 0 Å². The molecule has 0 spiro atoms. The first kappa shape index (κ1) is 21.0. The Morgan fingerprint density at radius 2 is 1.93 bits per heavy atom. The molecule has 28 heavy (non-hydrogen) atoms. The van der Waals surface area contributed by atoms with Crippen LogP contribution in [0.4, 0.5) is 15.8 Å². The van der Waals surface area contributed by atoms with Crippen molar-refractivity contribution in [2.24, 2.45) is 0 Å². The second-order valence-electron chi connectivity index (χ2n) is 8.43. The molecule has 0 radical (unpaired) electrons. The Kier molecular flexibility index (Phi) is 6.55. The first-order valence-corrected chi connectivity index (χ1v) is 10.4. The Morgan fingerprint density at radius 1 is 1.29 bits per heavy atom. The van der Waals surface area contributed by atoms with Crippen LogP contribution >= 0.6 is 0 Å². The number of anilines is 1. The quantitative estimate of drug-likeness (QED) is 0.562. The van der Waals surface area contributed by atoms with E-state index < -0.39 is 10.7 Å². The van der Waals surface area contributed by atoms with Gasteiger partial charge in [-0.15, -0.1) is 0 Å². The van der Waals surface area contributed by atoms with Crippen LogP contribution in [-0.4, -0.2) is 47.2 Å². The molecule has 0 unspecified atom stereocenters. The maximum absolute atomic E-state index is 13.7. The van der Waals surface area contributed by atoms with E-state index in [9.17, 15) is 14.5 Å².